The molecule has 1 aromatic carbocycles. The van der Waals surface area contributed by atoms with E-state index in [2.05, 4.69) is 10.1 Å². The lowest BCUT2D eigenvalue weighted by Crippen LogP contribution is -2.26. The standard InChI is InChI=1S/C13H13NO3S/c1-17-12(15)6-7-14-13(16)10-8-18-11-5-3-2-4-9(10)11/h2-5,8H,6-7H2,1H3,(H,14,16). The Labute approximate surface area is 109 Å². The largest absolute Gasteiger partial charge is 0.469 e. The number of carbonyl (C=O) groups excluding carboxylic acids is 2. The molecule has 2 rings (SSSR count). The monoisotopic (exact) mass is 263 g/mol. The van der Waals surface area contributed by atoms with E-state index in [1.54, 1.807) is 0 Å². The van der Waals surface area contributed by atoms with Gasteiger partial charge in [-0.2, -0.15) is 0 Å². The van der Waals surface area contributed by atoms with Crippen molar-refractivity contribution in [2.24, 2.45) is 0 Å². The Kier molecular flexibility index (Phi) is 3.94. The van der Waals surface area contributed by atoms with Gasteiger partial charge in [0.15, 0.2) is 0 Å². The van der Waals surface area contributed by atoms with Gasteiger partial charge in [0, 0.05) is 22.0 Å². The fraction of sp³-hybridized carbons (Fsp3) is 0.231. The summed E-state index contributed by atoms with van der Waals surface area (Å²) in [5, 5.41) is 5.48. The number of rotatable bonds is 4. The first-order valence-corrected chi connectivity index (χ1v) is 6.41. The van der Waals surface area contributed by atoms with Gasteiger partial charge >= 0.3 is 5.97 Å². The maximum atomic E-state index is 11.9. The van der Waals surface area contributed by atoms with Crippen molar-refractivity contribution in [1.82, 2.24) is 5.32 Å². The van der Waals surface area contributed by atoms with E-state index in [-0.39, 0.29) is 24.8 Å². The highest BCUT2D eigenvalue weighted by molar-refractivity contribution is 7.17. The van der Waals surface area contributed by atoms with Crippen LogP contribution in [0.3, 0.4) is 0 Å². The van der Waals surface area contributed by atoms with Crippen molar-refractivity contribution in [3.63, 3.8) is 0 Å². The third kappa shape index (κ3) is 2.68. The van der Waals surface area contributed by atoms with Crippen molar-refractivity contribution in [2.75, 3.05) is 13.7 Å². The van der Waals surface area contributed by atoms with Crippen LogP contribution in [0.4, 0.5) is 0 Å². The average molecular weight is 263 g/mol. The summed E-state index contributed by atoms with van der Waals surface area (Å²) < 4.78 is 5.58. The van der Waals surface area contributed by atoms with Crippen LogP contribution >= 0.6 is 11.3 Å². The number of hydrogen-bond acceptors (Lipinski definition) is 4. The Morgan fingerprint density at radius 2 is 2.11 bits per heavy atom. The van der Waals surface area contributed by atoms with Crippen molar-refractivity contribution in [3.05, 3.63) is 35.2 Å². The van der Waals surface area contributed by atoms with Crippen LogP contribution < -0.4 is 5.32 Å². The van der Waals surface area contributed by atoms with Gasteiger partial charge in [-0.1, -0.05) is 18.2 Å². The number of fused-ring (bicyclic) bond motifs is 1. The van der Waals surface area contributed by atoms with Gasteiger partial charge in [0.25, 0.3) is 5.91 Å². The predicted molar refractivity (Wildman–Crippen MR) is 70.8 cm³/mol. The summed E-state index contributed by atoms with van der Waals surface area (Å²) in [6.07, 6.45) is 0.185. The van der Waals surface area contributed by atoms with E-state index in [9.17, 15) is 9.59 Å². The lowest BCUT2D eigenvalue weighted by Gasteiger charge is -2.03. The second-order valence-corrected chi connectivity index (χ2v) is 4.64. The predicted octanol–water partition coefficient (Wildman–Crippen LogP) is 2.19. The Morgan fingerprint density at radius 3 is 2.89 bits per heavy atom. The first-order chi connectivity index (χ1) is 8.72. The number of ether oxygens (including phenoxy) is 1. The number of amides is 1. The van der Waals surface area contributed by atoms with Crippen LogP contribution in [-0.4, -0.2) is 25.5 Å². The SMILES string of the molecule is COC(=O)CCNC(=O)c1csc2ccccc12. The van der Waals surface area contributed by atoms with E-state index < -0.39 is 0 Å². The zero-order valence-electron chi connectivity index (χ0n) is 9.93. The molecule has 94 valence electrons. The van der Waals surface area contributed by atoms with Gasteiger partial charge in [0.2, 0.25) is 0 Å². The molecule has 0 spiro atoms. The molecular formula is C13H13NO3S. The smallest absolute Gasteiger partial charge is 0.307 e. The highest BCUT2D eigenvalue weighted by Gasteiger charge is 2.11. The van der Waals surface area contributed by atoms with Gasteiger partial charge in [-0.05, 0) is 6.07 Å². The zero-order chi connectivity index (χ0) is 13.0. The summed E-state index contributed by atoms with van der Waals surface area (Å²) in [7, 11) is 1.33. The summed E-state index contributed by atoms with van der Waals surface area (Å²) in [6.45, 7) is 0.287. The van der Waals surface area contributed by atoms with Crippen LogP contribution in [-0.2, 0) is 9.53 Å². The highest BCUT2D eigenvalue weighted by atomic mass is 32.1. The summed E-state index contributed by atoms with van der Waals surface area (Å²) in [4.78, 5) is 22.9. The minimum atomic E-state index is -0.328. The highest BCUT2D eigenvalue weighted by Crippen LogP contribution is 2.25. The Hall–Kier alpha value is -1.88. The Balaban J connectivity index is 2.03. The topological polar surface area (TPSA) is 55.4 Å². The summed E-state index contributed by atoms with van der Waals surface area (Å²) >= 11 is 1.53. The minimum absolute atomic E-state index is 0.156. The molecule has 4 nitrogen and oxygen atoms in total. The number of nitrogens with one attached hydrogen (secondary N) is 1. The lowest BCUT2D eigenvalue weighted by molar-refractivity contribution is -0.140. The molecule has 0 unspecified atom stereocenters. The molecule has 1 heterocycles. The fourth-order valence-electron chi connectivity index (χ4n) is 1.63. The molecule has 0 aliphatic carbocycles. The molecule has 0 aliphatic rings. The average Bonchev–Trinajstić information content (AvgIpc) is 2.82. The van der Waals surface area contributed by atoms with Gasteiger partial charge in [-0.25, -0.2) is 0 Å². The van der Waals surface area contributed by atoms with Gasteiger partial charge in [0.1, 0.15) is 0 Å². The first-order valence-electron chi connectivity index (χ1n) is 5.53. The number of methoxy groups -OCH3 is 1. The first kappa shape index (κ1) is 12.6. The molecule has 0 fully saturated rings. The second kappa shape index (κ2) is 5.64. The molecule has 0 atom stereocenters. The fourth-order valence-corrected chi connectivity index (χ4v) is 2.57. The van der Waals surface area contributed by atoms with E-state index in [1.807, 2.05) is 29.6 Å². The van der Waals surface area contributed by atoms with Gasteiger partial charge in [-0.3, -0.25) is 9.59 Å². The quantitative estimate of drug-likeness (QED) is 0.860. The number of benzene rings is 1. The number of esters is 1. The van der Waals surface area contributed by atoms with Crippen LogP contribution in [0.5, 0.6) is 0 Å². The molecule has 2 aromatic rings. The molecule has 18 heavy (non-hydrogen) atoms. The number of hydrogen-bond donors (Lipinski definition) is 1. The third-order valence-electron chi connectivity index (χ3n) is 2.57. The maximum Gasteiger partial charge on any atom is 0.307 e. The van der Waals surface area contributed by atoms with E-state index in [0.29, 0.717) is 5.56 Å². The third-order valence-corrected chi connectivity index (χ3v) is 3.53. The maximum absolute atomic E-state index is 11.9. The molecule has 1 N–H and O–H groups in total. The summed E-state index contributed by atoms with van der Waals surface area (Å²) in [6, 6.07) is 7.74. The number of carbonyl (C=O) groups is 2. The molecule has 0 saturated carbocycles. The molecule has 0 aliphatic heterocycles. The number of thiophene rings is 1. The van der Waals surface area contributed by atoms with Crippen molar-refractivity contribution in [1.29, 1.82) is 0 Å². The summed E-state index contributed by atoms with van der Waals surface area (Å²) in [5.41, 5.74) is 0.653. The normalized spacial score (nSPS) is 10.3. The van der Waals surface area contributed by atoms with E-state index >= 15 is 0 Å². The van der Waals surface area contributed by atoms with Gasteiger partial charge in [0.05, 0.1) is 19.1 Å². The molecule has 0 saturated heterocycles. The molecule has 0 radical (unpaired) electrons. The Morgan fingerprint density at radius 1 is 1.33 bits per heavy atom. The van der Waals surface area contributed by atoms with Crippen LogP contribution in [0.1, 0.15) is 16.8 Å². The van der Waals surface area contributed by atoms with Gasteiger partial charge < -0.3 is 10.1 Å². The second-order valence-electron chi connectivity index (χ2n) is 3.73. The van der Waals surface area contributed by atoms with Crippen LogP contribution in [0.2, 0.25) is 0 Å². The lowest BCUT2D eigenvalue weighted by atomic mass is 10.1. The zero-order valence-corrected chi connectivity index (χ0v) is 10.8. The van der Waals surface area contributed by atoms with Crippen LogP contribution in [0.25, 0.3) is 10.1 Å². The van der Waals surface area contributed by atoms with E-state index in [0.717, 1.165) is 10.1 Å². The molecule has 5 heteroatoms. The Bertz CT molecular complexity index is 576. The molecule has 1 amide bonds. The van der Waals surface area contributed by atoms with E-state index in [4.69, 9.17) is 0 Å². The van der Waals surface area contributed by atoms with Crippen molar-refractivity contribution >= 4 is 33.3 Å². The minimum Gasteiger partial charge on any atom is -0.469 e. The molecule has 0 bridgehead atoms. The molecular weight excluding hydrogens is 250 g/mol. The van der Waals surface area contributed by atoms with E-state index in [1.165, 1.54) is 18.4 Å². The van der Waals surface area contributed by atoms with Crippen molar-refractivity contribution in [3.8, 4) is 0 Å². The summed E-state index contributed by atoms with van der Waals surface area (Å²) in [5.74, 6) is -0.484. The van der Waals surface area contributed by atoms with Crippen molar-refractivity contribution in [2.45, 2.75) is 6.42 Å². The van der Waals surface area contributed by atoms with Crippen LogP contribution in [0.15, 0.2) is 29.6 Å². The van der Waals surface area contributed by atoms with Crippen LogP contribution in [0, 0.1) is 0 Å². The van der Waals surface area contributed by atoms with Crippen molar-refractivity contribution < 1.29 is 14.3 Å². The van der Waals surface area contributed by atoms with Gasteiger partial charge in [-0.15, -0.1) is 11.3 Å². The molecule has 1 aromatic heterocycles.